The monoisotopic (exact) mass is 260 g/mol. The van der Waals surface area contributed by atoms with Crippen molar-refractivity contribution in [3.8, 4) is 0 Å². The van der Waals surface area contributed by atoms with Gasteiger partial charge in [0.05, 0.1) is 12.7 Å². The van der Waals surface area contributed by atoms with Crippen LogP contribution >= 0.6 is 0 Å². The second kappa shape index (κ2) is 6.14. The van der Waals surface area contributed by atoms with Crippen LogP contribution in [0.15, 0.2) is 12.2 Å². The van der Waals surface area contributed by atoms with Gasteiger partial charge < -0.3 is 8.85 Å². The highest BCUT2D eigenvalue weighted by molar-refractivity contribution is 6.84. The maximum Gasteiger partial charge on any atom is 0.175 e. The van der Waals surface area contributed by atoms with Gasteiger partial charge in [0.15, 0.2) is 16.6 Å². The van der Waals surface area contributed by atoms with Gasteiger partial charge in [-0.25, -0.2) is 0 Å². The van der Waals surface area contributed by atoms with Gasteiger partial charge in [-0.3, -0.25) is 0 Å². The number of ether oxygens (including phenoxy) is 1. The van der Waals surface area contributed by atoms with Gasteiger partial charge in [-0.1, -0.05) is 12.2 Å². The fraction of sp³-hybridized carbons (Fsp3) is 0.833. The Balaban J connectivity index is 4.09. The van der Waals surface area contributed by atoms with Crippen LogP contribution in [0.1, 0.15) is 13.8 Å². The third-order valence-electron chi connectivity index (χ3n) is 1.98. The molecule has 0 rings (SSSR count). The van der Waals surface area contributed by atoms with E-state index in [1.165, 1.54) is 0 Å². The molecule has 96 valence electrons. The molecule has 4 heteroatoms. The SMILES string of the molecule is C=C(C)COC(C)C[Si](C)(C)O[Si](C)(C)C. The molecule has 2 nitrogen and oxygen atoms in total. The number of hydrogen-bond acceptors (Lipinski definition) is 2. The molecule has 0 aromatic carbocycles. The van der Waals surface area contributed by atoms with E-state index in [0.717, 1.165) is 11.6 Å². The van der Waals surface area contributed by atoms with Crippen LogP contribution in [0.3, 0.4) is 0 Å². The first-order valence-corrected chi connectivity index (χ1v) is 12.5. The average Bonchev–Trinajstić information content (AvgIpc) is 1.94. The van der Waals surface area contributed by atoms with Crippen LogP contribution in [0.5, 0.6) is 0 Å². The summed E-state index contributed by atoms with van der Waals surface area (Å²) in [4.78, 5) is 0. The second-order valence-electron chi connectivity index (χ2n) is 6.26. The summed E-state index contributed by atoms with van der Waals surface area (Å²) in [6.07, 6.45) is 0.273. The zero-order valence-corrected chi connectivity index (χ0v) is 14.0. The maximum absolute atomic E-state index is 6.28. The average molecular weight is 261 g/mol. The van der Waals surface area contributed by atoms with E-state index in [4.69, 9.17) is 8.85 Å². The number of hydrogen-bond donors (Lipinski definition) is 0. The summed E-state index contributed by atoms with van der Waals surface area (Å²) in [6.45, 7) is 20.0. The smallest absolute Gasteiger partial charge is 0.175 e. The lowest BCUT2D eigenvalue weighted by atomic mass is 10.4. The highest BCUT2D eigenvalue weighted by Gasteiger charge is 2.31. The van der Waals surface area contributed by atoms with Crippen LogP contribution in [-0.4, -0.2) is 29.3 Å². The van der Waals surface area contributed by atoms with Gasteiger partial charge in [-0.05, 0) is 52.6 Å². The minimum Gasteiger partial charge on any atom is -0.456 e. The van der Waals surface area contributed by atoms with Gasteiger partial charge >= 0.3 is 0 Å². The van der Waals surface area contributed by atoms with Gasteiger partial charge in [-0.2, -0.15) is 0 Å². The van der Waals surface area contributed by atoms with E-state index in [1.807, 2.05) is 6.92 Å². The van der Waals surface area contributed by atoms with Gasteiger partial charge in [0.2, 0.25) is 0 Å². The van der Waals surface area contributed by atoms with Crippen LogP contribution < -0.4 is 0 Å². The Kier molecular flexibility index (Phi) is 6.18. The van der Waals surface area contributed by atoms with Crippen LogP contribution in [0.4, 0.5) is 0 Å². The molecule has 0 amide bonds. The Bertz CT molecular complexity index is 232. The predicted octanol–water partition coefficient (Wildman–Crippen LogP) is 4.02. The van der Waals surface area contributed by atoms with E-state index < -0.39 is 16.6 Å². The summed E-state index contributed by atoms with van der Waals surface area (Å²) < 4.78 is 12.0. The Morgan fingerprint density at radius 1 is 1.19 bits per heavy atom. The molecule has 0 saturated heterocycles. The van der Waals surface area contributed by atoms with Crippen LogP contribution in [0, 0.1) is 0 Å². The van der Waals surface area contributed by atoms with E-state index in [2.05, 4.69) is 46.2 Å². The number of rotatable bonds is 7. The molecule has 0 aliphatic carbocycles. The third kappa shape index (κ3) is 9.33. The van der Waals surface area contributed by atoms with Crippen LogP contribution in [0.2, 0.25) is 38.8 Å². The topological polar surface area (TPSA) is 18.5 Å². The van der Waals surface area contributed by atoms with E-state index in [-0.39, 0.29) is 6.10 Å². The second-order valence-corrected chi connectivity index (χ2v) is 15.2. The summed E-state index contributed by atoms with van der Waals surface area (Å²) >= 11 is 0. The Morgan fingerprint density at radius 2 is 1.69 bits per heavy atom. The zero-order chi connectivity index (χ0) is 13.0. The van der Waals surface area contributed by atoms with Crippen LogP contribution in [0.25, 0.3) is 0 Å². The summed E-state index contributed by atoms with van der Waals surface area (Å²) in [5.41, 5.74) is 1.08. The van der Waals surface area contributed by atoms with E-state index >= 15 is 0 Å². The minimum absolute atomic E-state index is 0.273. The van der Waals surface area contributed by atoms with Gasteiger partial charge in [0.25, 0.3) is 0 Å². The van der Waals surface area contributed by atoms with Crippen LogP contribution in [-0.2, 0) is 8.85 Å². The minimum atomic E-state index is -1.57. The molecule has 0 fully saturated rings. The highest BCUT2D eigenvalue weighted by atomic mass is 28.4. The fourth-order valence-electron chi connectivity index (χ4n) is 1.91. The van der Waals surface area contributed by atoms with Crippen molar-refractivity contribution in [2.24, 2.45) is 0 Å². The van der Waals surface area contributed by atoms with Crippen molar-refractivity contribution in [2.75, 3.05) is 6.61 Å². The largest absolute Gasteiger partial charge is 0.456 e. The first-order chi connectivity index (χ1) is 7.02. The maximum atomic E-state index is 6.28. The molecule has 0 bridgehead atoms. The molecule has 0 aromatic heterocycles. The normalized spacial score (nSPS) is 14.9. The predicted molar refractivity (Wildman–Crippen MR) is 76.9 cm³/mol. The molecular weight excluding hydrogens is 232 g/mol. The third-order valence-corrected chi connectivity index (χ3v) is 8.19. The first kappa shape index (κ1) is 16.1. The molecule has 0 spiro atoms. The molecule has 16 heavy (non-hydrogen) atoms. The van der Waals surface area contributed by atoms with Crippen molar-refractivity contribution in [1.82, 2.24) is 0 Å². The molecule has 0 aromatic rings. The van der Waals surface area contributed by atoms with E-state index in [9.17, 15) is 0 Å². The molecule has 0 aliphatic heterocycles. The quantitative estimate of drug-likeness (QED) is 0.508. The summed E-state index contributed by atoms with van der Waals surface area (Å²) in [5.74, 6) is 0. The Morgan fingerprint density at radius 3 is 2.06 bits per heavy atom. The van der Waals surface area contributed by atoms with Crippen molar-refractivity contribution in [1.29, 1.82) is 0 Å². The molecule has 0 saturated carbocycles. The summed E-state index contributed by atoms with van der Waals surface area (Å²) in [7, 11) is -2.98. The van der Waals surface area contributed by atoms with Crippen molar-refractivity contribution in [3.05, 3.63) is 12.2 Å². The Hall–Kier alpha value is 0.0938. The molecule has 0 N–H and O–H groups in total. The van der Waals surface area contributed by atoms with Crippen molar-refractivity contribution in [2.45, 2.75) is 58.7 Å². The molecule has 1 unspecified atom stereocenters. The molecule has 0 radical (unpaired) electrons. The molecule has 1 atom stereocenters. The van der Waals surface area contributed by atoms with E-state index in [0.29, 0.717) is 6.61 Å². The lowest BCUT2D eigenvalue weighted by molar-refractivity contribution is 0.0946. The van der Waals surface area contributed by atoms with Gasteiger partial charge in [0, 0.05) is 0 Å². The molecular formula is C12H28O2Si2. The van der Waals surface area contributed by atoms with Gasteiger partial charge in [-0.15, -0.1) is 0 Å². The van der Waals surface area contributed by atoms with Gasteiger partial charge in [0.1, 0.15) is 0 Å². The van der Waals surface area contributed by atoms with Crippen molar-refractivity contribution in [3.63, 3.8) is 0 Å². The lowest BCUT2D eigenvalue weighted by Gasteiger charge is -2.33. The summed E-state index contributed by atoms with van der Waals surface area (Å²) in [5, 5.41) is 0. The fourth-order valence-corrected chi connectivity index (χ4v) is 10.4. The highest BCUT2D eigenvalue weighted by Crippen LogP contribution is 2.21. The van der Waals surface area contributed by atoms with Crippen molar-refractivity contribution >= 4 is 16.6 Å². The zero-order valence-electron chi connectivity index (χ0n) is 12.0. The lowest BCUT2D eigenvalue weighted by Crippen LogP contribution is -2.44. The van der Waals surface area contributed by atoms with E-state index in [1.54, 1.807) is 0 Å². The summed E-state index contributed by atoms with van der Waals surface area (Å²) in [6, 6.07) is 1.06. The Labute approximate surface area is 103 Å². The molecule has 0 aliphatic rings. The standard InChI is InChI=1S/C12H28O2Si2/c1-11(2)9-13-12(3)10-16(7,8)14-15(4,5)6/h12H,1,9-10H2,2-8H3. The van der Waals surface area contributed by atoms with Crippen molar-refractivity contribution < 1.29 is 8.85 Å². The first-order valence-electron chi connectivity index (χ1n) is 5.98. The molecule has 0 heterocycles.